The van der Waals surface area contributed by atoms with Gasteiger partial charge in [-0.2, -0.15) is 8.78 Å². The van der Waals surface area contributed by atoms with Crippen LogP contribution in [-0.2, 0) is 6.54 Å². The minimum absolute atomic E-state index is 0.117. The zero-order valence-corrected chi connectivity index (χ0v) is 15.1. The molecule has 9 heteroatoms. The van der Waals surface area contributed by atoms with Gasteiger partial charge in [0.15, 0.2) is 11.7 Å². The average molecular weight is 380 g/mol. The quantitative estimate of drug-likeness (QED) is 0.417. The number of guanidine groups is 1. The van der Waals surface area contributed by atoms with E-state index in [9.17, 15) is 13.6 Å². The summed E-state index contributed by atoms with van der Waals surface area (Å²) in [6, 6.07) is 9.66. The van der Waals surface area contributed by atoms with Crippen LogP contribution in [0.3, 0.4) is 0 Å². The van der Waals surface area contributed by atoms with Gasteiger partial charge in [-0.25, -0.2) is 0 Å². The number of carbonyl (C=O) groups is 1. The smallest absolute Gasteiger partial charge is 0.387 e. The molecule has 146 valence electrons. The van der Waals surface area contributed by atoms with E-state index in [1.807, 2.05) is 11.9 Å². The number of aliphatic imine (C=N–C) groups is 1. The van der Waals surface area contributed by atoms with Crippen molar-refractivity contribution in [2.75, 3.05) is 27.2 Å². The Kier molecular flexibility index (Phi) is 7.60. The van der Waals surface area contributed by atoms with E-state index in [1.54, 1.807) is 31.3 Å². The first-order chi connectivity index (χ1) is 13.0. The van der Waals surface area contributed by atoms with Gasteiger partial charge in [0.05, 0.1) is 6.26 Å². The fourth-order valence-corrected chi connectivity index (χ4v) is 2.35. The van der Waals surface area contributed by atoms with Crippen LogP contribution in [0.15, 0.2) is 52.1 Å². The SMILES string of the molecule is CN=C(NCCNC(=O)c1ccco1)N(C)Cc1ccc(OC(F)F)cc1. The number of hydrogen-bond acceptors (Lipinski definition) is 4. The second kappa shape index (κ2) is 10.1. The Bertz CT molecular complexity index is 734. The van der Waals surface area contributed by atoms with Gasteiger partial charge in [-0.15, -0.1) is 0 Å². The second-order valence-electron chi connectivity index (χ2n) is 5.59. The highest BCUT2D eigenvalue weighted by molar-refractivity contribution is 5.91. The van der Waals surface area contributed by atoms with E-state index in [4.69, 9.17) is 4.42 Å². The average Bonchev–Trinajstić information content (AvgIpc) is 3.17. The number of benzene rings is 1. The Labute approximate surface area is 156 Å². The lowest BCUT2D eigenvalue weighted by Gasteiger charge is -2.22. The molecule has 2 aromatic rings. The van der Waals surface area contributed by atoms with Crippen LogP contribution in [0.4, 0.5) is 8.78 Å². The Morgan fingerprint density at radius 3 is 2.52 bits per heavy atom. The highest BCUT2D eigenvalue weighted by Gasteiger charge is 2.09. The Hall–Kier alpha value is -3.10. The summed E-state index contributed by atoms with van der Waals surface area (Å²) in [5, 5.41) is 5.87. The molecule has 0 fully saturated rings. The van der Waals surface area contributed by atoms with E-state index in [2.05, 4.69) is 20.4 Å². The van der Waals surface area contributed by atoms with Crippen LogP contribution in [0.5, 0.6) is 5.75 Å². The monoisotopic (exact) mass is 380 g/mol. The Balaban J connectivity index is 1.76. The lowest BCUT2D eigenvalue weighted by atomic mass is 10.2. The summed E-state index contributed by atoms with van der Waals surface area (Å²) in [6.07, 6.45) is 1.44. The van der Waals surface area contributed by atoms with Crippen LogP contribution in [-0.4, -0.2) is 50.6 Å². The highest BCUT2D eigenvalue weighted by Crippen LogP contribution is 2.15. The fraction of sp³-hybridized carbons (Fsp3) is 0.333. The number of halogens is 2. The molecule has 0 bridgehead atoms. The molecule has 0 aliphatic heterocycles. The predicted molar refractivity (Wildman–Crippen MR) is 96.9 cm³/mol. The molecule has 0 saturated carbocycles. The molecule has 0 saturated heterocycles. The van der Waals surface area contributed by atoms with Crippen LogP contribution in [0.1, 0.15) is 16.1 Å². The number of amides is 1. The molecule has 0 aliphatic carbocycles. The lowest BCUT2D eigenvalue weighted by molar-refractivity contribution is -0.0498. The first-order valence-electron chi connectivity index (χ1n) is 8.27. The maximum absolute atomic E-state index is 12.2. The van der Waals surface area contributed by atoms with E-state index in [0.29, 0.717) is 25.6 Å². The zero-order chi connectivity index (χ0) is 19.6. The second-order valence-corrected chi connectivity index (χ2v) is 5.59. The molecule has 0 radical (unpaired) electrons. The highest BCUT2D eigenvalue weighted by atomic mass is 19.3. The van der Waals surface area contributed by atoms with Crippen LogP contribution in [0, 0.1) is 0 Å². The minimum Gasteiger partial charge on any atom is -0.459 e. The van der Waals surface area contributed by atoms with Gasteiger partial charge < -0.3 is 24.7 Å². The molecule has 1 aromatic heterocycles. The van der Waals surface area contributed by atoms with E-state index >= 15 is 0 Å². The molecule has 2 N–H and O–H groups in total. The van der Waals surface area contributed by atoms with Gasteiger partial charge in [0.2, 0.25) is 0 Å². The fourth-order valence-electron chi connectivity index (χ4n) is 2.35. The van der Waals surface area contributed by atoms with Crippen molar-refractivity contribution in [3.63, 3.8) is 0 Å². The number of alkyl halides is 2. The molecular weight excluding hydrogens is 358 g/mol. The van der Waals surface area contributed by atoms with Crippen LogP contribution in [0.2, 0.25) is 0 Å². The van der Waals surface area contributed by atoms with Crippen LogP contribution in [0.25, 0.3) is 0 Å². The van der Waals surface area contributed by atoms with Crippen molar-refractivity contribution >= 4 is 11.9 Å². The van der Waals surface area contributed by atoms with Crippen molar-refractivity contribution in [3.05, 3.63) is 54.0 Å². The molecule has 7 nitrogen and oxygen atoms in total. The van der Waals surface area contributed by atoms with Gasteiger partial charge in [0.25, 0.3) is 5.91 Å². The van der Waals surface area contributed by atoms with Gasteiger partial charge in [-0.05, 0) is 29.8 Å². The number of ether oxygens (including phenoxy) is 1. The van der Waals surface area contributed by atoms with Crippen LogP contribution >= 0.6 is 0 Å². The first-order valence-corrected chi connectivity index (χ1v) is 8.27. The van der Waals surface area contributed by atoms with Crippen LogP contribution < -0.4 is 15.4 Å². The van der Waals surface area contributed by atoms with Crippen molar-refractivity contribution in [1.82, 2.24) is 15.5 Å². The summed E-state index contributed by atoms with van der Waals surface area (Å²) in [4.78, 5) is 17.8. The van der Waals surface area contributed by atoms with E-state index < -0.39 is 6.61 Å². The van der Waals surface area contributed by atoms with E-state index in [-0.39, 0.29) is 17.4 Å². The number of nitrogens with one attached hydrogen (secondary N) is 2. The maximum atomic E-state index is 12.2. The normalized spacial score (nSPS) is 11.4. The number of furan rings is 1. The Morgan fingerprint density at radius 2 is 1.93 bits per heavy atom. The summed E-state index contributed by atoms with van der Waals surface area (Å²) in [5.41, 5.74) is 0.910. The largest absolute Gasteiger partial charge is 0.459 e. The van der Waals surface area contributed by atoms with Crippen molar-refractivity contribution < 1.29 is 22.7 Å². The zero-order valence-electron chi connectivity index (χ0n) is 15.1. The number of hydrogen-bond donors (Lipinski definition) is 2. The number of rotatable bonds is 8. The van der Waals surface area contributed by atoms with Crippen molar-refractivity contribution in [3.8, 4) is 5.75 Å². The molecule has 2 rings (SSSR count). The van der Waals surface area contributed by atoms with Gasteiger partial charge in [-0.1, -0.05) is 12.1 Å². The third-order valence-corrected chi connectivity index (χ3v) is 3.58. The van der Waals surface area contributed by atoms with E-state index in [0.717, 1.165) is 5.56 Å². The molecule has 0 aliphatic rings. The third-order valence-electron chi connectivity index (χ3n) is 3.58. The lowest BCUT2D eigenvalue weighted by Crippen LogP contribution is -2.42. The summed E-state index contributed by atoms with van der Waals surface area (Å²) in [7, 11) is 3.50. The molecule has 0 unspecified atom stereocenters. The number of nitrogens with zero attached hydrogens (tertiary/aromatic N) is 2. The standard InChI is InChI=1S/C18H22F2N4O3/c1-21-18(23-10-9-22-16(25)15-4-3-11-26-15)24(2)12-13-5-7-14(8-6-13)27-17(19)20/h3-8,11,17H,9-10,12H2,1-2H3,(H,21,23)(H,22,25). The molecule has 0 atom stereocenters. The first kappa shape index (κ1) is 20.2. The maximum Gasteiger partial charge on any atom is 0.387 e. The summed E-state index contributed by atoms with van der Waals surface area (Å²) >= 11 is 0. The van der Waals surface area contributed by atoms with Crippen molar-refractivity contribution in [2.45, 2.75) is 13.2 Å². The third kappa shape index (κ3) is 6.61. The summed E-state index contributed by atoms with van der Waals surface area (Å²) in [5.74, 6) is 0.730. The Morgan fingerprint density at radius 1 is 1.22 bits per heavy atom. The van der Waals surface area contributed by atoms with E-state index in [1.165, 1.54) is 18.4 Å². The molecule has 1 heterocycles. The molecule has 27 heavy (non-hydrogen) atoms. The molecule has 1 amide bonds. The minimum atomic E-state index is -2.84. The van der Waals surface area contributed by atoms with Gasteiger partial charge >= 0.3 is 6.61 Å². The predicted octanol–water partition coefficient (Wildman–Crippen LogP) is 2.32. The van der Waals surface area contributed by atoms with Crippen molar-refractivity contribution in [2.24, 2.45) is 4.99 Å². The molecular formula is C18H22F2N4O3. The number of carbonyl (C=O) groups excluding carboxylic acids is 1. The van der Waals surface area contributed by atoms with Gasteiger partial charge in [-0.3, -0.25) is 9.79 Å². The van der Waals surface area contributed by atoms with Crippen molar-refractivity contribution in [1.29, 1.82) is 0 Å². The van der Waals surface area contributed by atoms with Gasteiger partial charge in [0.1, 0.15) is 5.75 Å². The van der Waals surface area contributed by atoms with Gasteiger partial charge in [0, 0.05) is 33.7 Å². The molecule has 1 aromatic carbocycles. The topological polar surface area (TPSA) is 79.1 Å². The molecule has 0 spiro atoms. The summed E-state index contributed by atoms with van der Waals surface area (Å²) in [6.45, 7) is -1.45. The summed E-state index contributed by atoms with van der Waals surface area (Å²) < 4.78 is 33.7.